The van der Waals surface area contributed by atoms with Gasteiger partial charge in [-0.3, -0.25) is 4.90 Å². The van der Waals surface area contributed by atoms with E-state index in [0.717, 1.165) is 55.3 Å². The van der Waals surface area contributed by atoms with Crippen LogP contribution in [-0.4, -0.2) is 46.3 Å². The van der Waals surface area contributed by atoms with Crippen LogP contribution in [0.25, 0.3) is 0 Å². The molecule has 0 bridgehead atoms. The minimum absolute atomic E-state index is 0.538. The molecule has 7 heteroatoms. The summed E-state index contributed by atoms with van der Waals surface area (Å²) in [5, 5.41) is 11.6. The Morgan fingerprint density at radius 2 is 2.05 bits per heavy atom. The van der Waals surface area contributed by atoms with Gasteiger partial charge >= 0.3 is 0 Å². The molecule has 0 amide bonds. The van der Waals surface area contributed by atoms with Crippen molar-refractivity contribution in [3.63, 3.8) is 0 Å². The normalized spacial score (nSPS) is 20.1. The third-order valence-corrected chi connectivity index (χ3v) is 5.04. The molecule has 112 valence electrons. The fourth-order valence-electron chi connectivity index (χ4n) is 2.60. The molecule has 0 spiro atoms. The highest BCUT2D eigenvalue weighted by atomic mass is 32.1. The SMILES string of the molecule is Cc1csc(N2CCN(Cc3nnc(C4CC4)o3)CC2)n1. The molecule has 1 saturated carbocycles. The average Bonchev–Trinajstić information content (AvgIpc) is 3.09. The van der Waals surface area contributed by atoms with Crippen LogP contribution >= 0.6 is 11.3 Å². The van der Waals surface area contributed by atoms with Crippen molar-refractivity contribution < 1.29 is 4.42 Å². The third-order valence-electron chi connectivity index (χ3n) is 4.02. The molecule has 1 aliphatic carbocycles. The number of aromatic nitrogens is 3. The van der Waals surface area contributed by atoms with Gasteiger partial charge in [-0.05, 0) is 19.8 Å². The number of thiazole rings is 1. The zero-order valence-corrected chi connectivity index (χ0v) is 13.0. The molecular weight excluding hydrogens is 286 g/mol. The number of piperazine rings is 1. The molecule has 2 aromatic rings. The number of nitrogens with zero attached hydrogens (tertiary/aromatic N) is 5. The van der Waals surface area contributed by atoms with Gasteiger partial charge < -0.3 is 9.32 Å². The Morgan fingerprint density at radius 1 is 1.24 bits per heavy atom. The predicted octanol–water partition coefficient (Wildman–Crippen LogP) is 2.03. The zero-order chi connectivity index (χ0) is 14.2. The Bertz CT molecular complexity index is 612. The second-order valence-electron chi connectivity index (χ2n) is 5.84. The van der Waals surface area contributed by atoms with E-state index in [1.54, 1.807) is 11.3 Å². The topological polar surface area (TPSA) is 58.3 Å². The zero-order valence-electron chi connectivity index (χ0n) is 12.2. The van der Waals surface area contributed by atoms with E-state index in [0.29, 0.717) is 5.92 Å². The molecule has 0 atom stereocenters. The van der Waals surface area contributed by atoms with Crippen LogP contribution in [0, 0.1) is 6.92 Å². The summed E-state index contributed by atoms with van der Waals surface area (Å²) in [4.78, 5) is 9.29. The van der Waals surface area contributed by atoms with E-state index < -0.39 is 0 Å². The van der Waals surface area contributed by atoms with Gasteiger partial charge in [0.2, 0.25) is 11.8 Å². The predicted molar refractivity (Wildman–Crippen MR) is 80.6 cm³/mol. The summed E-state index contributed by atoms with van der Waals surface area (Å²) in [6.45, 7) is 6.86. The molecule has 2 aromatic heterocycles. The van der Waals surface area contributed by atoms with E-state index >= 15 is 0 Å². The Balaban J connectivity index is 1.32. The highest BCUT2D eigenvalue weighted by Crippen LogP contribution is 2.39. The number of hydrogen-bond acceptors (Lipinski definition) is 7. The van der Waals surface area contributed by atoms with Gasteiger partial charge in [-0.1, -0.05) is 0 Å². The largest absolute Gasteiger partial charge is 0.424 e. The van der Waals surface area contributed by atoms with E-state index in [-0.39, 0.29) is 0 Å². The Hall–Kier alpha value is -1.47. The number of rotatable bonds is 4. The van der Waals surface area contributed by atoms with Gasteiger partial charge in [0.1, 0.15) is 0 Å². The first-order chi connectivity index (χ1) is 10.3. The van der Waals surface area contributed by atoms with E-state index in [4.69, 9.17) is 4.42 Å². The van der Waals surface area contributed by atoms with Gasteiger partial charge in [0.05, 0.1) is 12.2 Å². The lowest BCUT2D eigenvalue weighted by atomic mass is 10.3. The fourth-order valence-corrected chi connectivity index (χ4v) is 3.46. The van der Waals surface area contributed by atoms with Gasteiger partial charge in [0.15, 0.2) is 5.13 Å². The van der Waals surface area contributed by atoms with Gasteiger partial charge in [0.25, 0.3) is 0 Å². The van der Waals surface area contributed by atoms with Crippen LogP contribution in [0.4, 0.5) is 5.13 Å². The lowest BCUT2D eigenvalue weighted by Gasteiger charge is -2.33. The molecule has 0 aromatic carbocycles. The number of aryl methyl sites for hydroxylation is 1. The van der Waals surface area contributed by atoms with Crippen LogP contribution in [0.1, 0.15) is 36.2 Å². The third kappa shape index (κ3) is 2.94. The first-order valence-corrected chi connectivity index (χ1v) is 8.37. The van der Waals surface area contributed by atoms with Gasteiger partial charge in [-0.25, -0.2) is 4.98 Å². The summed E-state index contributed by atoms with van der Waals surface area (Å²) in [5.41, 5.74) is 1.11. The molecule has 0 N–H and O–H groups in total. The van der Waals surface area contributed by atoms with E-state index in [1.165, 1.54) is 12.8 Å². The summed E-state index contributed by atoms with van der Waals surface area (Å²) in [6.07, 6.45) is 2.40. The summed E-state index contributed by atoms with van der Waals surface area (Å²) in [6, 6.07) is 0. The molecule has 1 saturated heterocycles. The summed E-state index contributed by atoms with van der Waals surface area (Å²) >= 11 is 1.73. The fraction of sp³-hybridized carbons (Fsp3) is 0.643. The molecular formula is C14H19N5OS. The Morgan fingerprint density at radius 3 is 2.71 bits per heavy atom. The first-order valence-electron chi connectivity index (χ1n) is 7.49. The molecule has 3 heterocycles. The molecule has 2 aliphatic rings. The lowest BCUT2D eigenvalue weighted by Crippen LogP contribution is -2.46. The van der Waals surface area contributed by atoms with Crippen molar-refractivity contribution in [3.05, 3.63) is 22.9 Å². The van der Waals surface area contributed by atoms with Crippen LogP contribution < -0.4 is 4.90 Å². The highest BCUT2D eigenvalue weighted by Gasteiger charge is 2.29. The van der Waals surface area contributed by atoms with Crippen molar-refractivity contribution in [1.82, 2.24) is 20.1 Å². The molecule has 1 aliphatic heterocycles. The van der Waals surface area contributed by atoms with Crippen LogP contribution in [0.2, 0.25) is 0 Å². The van der Waals surface area contributed by atoms with Crippen LogP contribution in [-0.2, 0) is 6.54 Å². The molecule has 0 unspecified atom stereocenters. The molecule has 6 nitrogen and oxygen atoms in total. The van der Waals surface area contributed by atoms with Gasteiger partial charge in [-0.15, -0.1) is 21.5 Å². The number of anilines is 1. The number of hydrogen-bond donors (Lipinski definition) is 0. The minimum Gasteiger partial charge on any atom is -0.424 e. The molecule has 0 radical (unpaired) electrons. The Labute approximate surface area is 127 Å². The smallest absolute Gasteiger partial charge is 0.230 e. The average molecular weight is 305 g/mol. The lowest BCUT2D eigenvalue weighted by molar-refractivity contribution is 0.224. The van der Waals surface area contributed by atoms with Crippen molar-refractivity contribution in [2.24, 2.45) is 0 Å². The van der Waals surface area contributed by atoms with Crippen LogP contribution in [0.15, 0.2) is 9.80 Å². The minimum atomic E-state index is 0.538. The highest BCUT2D eigenvalue weighted by molar-refractivity contribution is 7.13. The maximum absolute atomic E-state index is 5.74. The van der Waals surface area contributed by atoms with E-state index in [1.807, 2.05) is 6.92 Å². The van der Waals surface area contributed by atoms with Gasteiger partial charge in [0, 0.05) is 37.5 Å². The van der Waals surface area contributed by atoms with E-state index in [9.17, 15) is 0 Å². The van der Waals surface area contributed by atoms with Crippen LogP contribution in [0.5, 0.6) is 0 Å². The monoisotopic (exact) mass is 305 g/mol. The Kier molecular flexibility index (Phi) is 3.39. The maximum atomic E-state index is 5.74. The second-order valence-corrected chi connectivity index (χ2v) is 6.68. The van der Waals surface area contributed by atoms with Crippen molar-refractivity contribution in [2.45, 2.75) is 32.2 Å². The molecule has 21 heavy (non-hydrogen) atoms. The van der Waals surface area contributed by atoms with Crippen molar-refractivity contribution >= 4 is 16.5 Å². The quantitative estimate of drug-likeness (QED) is 0.861. The van der Waals surface area contributed by atoms with Gasteiger partial charge in [-0.2, -0.15) is 0 Å². The van der Waals surface area contributed by atoms with Crippen molar-refractivity contribution in [1.29, 1.82) is 0 Å². The summed E-state index contributed by atoms with van der Waals surface area (Å²) < 4.78 is 5.74. The molecule has 2 fully saturated rings. The first kappa shape index (κ1) is 13.2. The van der Waals surface area contributed by atoms with E-state index in [2.05, 4.69) is 30.4 Å². The van der Waals surface area contributed by atoms with Crippen molar-refractivity contribution in [3.8, 4) is 0 Å². The van der Waals surface area contributed by atoms with Crippen molar-refractivity contribution in [2.75, 3.05) is 31.1 Å². The maximum Gasteiger partial charge on any atom is 0.230 e. The molecule has 4 rings (SSSR count). The summed E-state index contributed by atoms with van der Waals surface area (Å²) in [5.74, 6) is 2.13. The standard InChI is InChI=1S/C14H19N5OS/c1-10-9-21-14(15-10)19-6-4-18(5-7-19)8-12-16-17-13(20-12)11-2-3-11/h9,11H,2-8H2,1H3. The second kappa shape index (κ2) is 5.38. The van der Waals surface area contributed by atoms with Crippen LogP contribution in [0.3, 0.4) is 0 Å². The summed E-state index contributed by atoms with van der Waals surface area (Å²) in [7, 11) is 0.